The number of sulfonamides is 1. The largest absolute Gasteiger partial charge is 0.511 e. The Bertz CT molecular complexity index is 913. The molecule has 10 heteroatoms. The molecule has 0 saturated heterocycles. The summed E-state index contributed by atoms with van der Waals surface area (Å²) < 4.78 is 62.4. The Hall–Kier alpha value is -1.98. The van der Waals surface area contributed by atoms with Gasteiger partial charge in [-0.25, -0.2) is 8.42 Å². The minimum Gasteiger partial charge on any atom is -0.390 e. The Morgan fingerprint density at radius 2 is 1.55 bits per heavy atom. The van der Waals surface area contributed by atoms with E-state index in [2.05, 4.69) is 5.32 Å². The molecule has 2 aromatic rings. The Kier molecular flexibility index (Phi) is 10.8. The molecule has 0 spiro atoms. The van der Waals surface area contributed by atoms with Crippen molar-refractivity contribution in [3.63, 3.8) is 0 Å². The molecule has 2 aromatic carbocycles. The van der Waals surface area contributed by atoms with Crippen molar-refractivity contribution in [2.24, 2.45) is 0 Å². The van der Waals surface area contributed by atoms with Gasteiger partial charge in [0.2, 0.25) is 0 Å². The number of rotatable bonds is 14. The highest BCUT2D eigenvalue weighted by Crippen LogP contribution is 2.26. The quantitative estimate of drug-likeness (QED) is 0.401. The van der Waals surface area contributed by atoms with Crippen LogP contribution in [0.25, 0.3) is 0 Å². The van der Waals surface area contributed by atoms with E-state index in [1.807, 2.05) is 65.6 Å². The molecule has 0 unspecified atom stereocenters. The van der Waals surface area contributed by atoms with Crippen LogP contribution in [0.1, 0.15) is 24.5 Å². The van der Waals surface area contributed by atoms with Gasteiger partial charge in [0.1, 0.15) is 0 Å². The summed E-state index contributed by atoms with van der Waals surface area (Å²) in [7, 11) is -5.48. The lowest BCUT2D eigenvalue weighted by atomic mass is 10.2. The number of nitrogens with one attached hydrogen (secondary N) is 1. The molecule has 33 heavy (non-hydrogen) atoms. The summed E-state index contributed by atoms with van der Waals surface area (Å²) in [5.41, 5.74) is -3.23. The van der Waals surface area contributed by atoms with Crippen LogP contribution in [0.2, 0.25) is 0 Å². The van der Waals surface area contributed by atoms with E-state index in [1.54, 1.807) is 0 Å². The fourth-order valence-electron chi connectivity index (χ4n) is 3.47. The smallest absolute Gasteiger partial charge is 0.390 e. The lowest BCUT2D eigenvalue weighted by Gasteiger charge is -2.29. The zero-order valence-corrected chi connectivity index (χ0v) is 19.5. The molecule has 0 fully saturated rings. The van der Waals surface area contributed by atoms with Crippen LogP contribution in [0.5, 0.6) is 0 Å². The second-order valence-electron chi connectivity index (χ2n) is 7.79. The highest BCUT2D eigenvalue weighted by Gasteiger charge is 2.49. The second-order valence-corrected chi connectivity index (χ2v) is 9.72. The first-order valence-corrected chi connectivity index (χ1v) is 12.3. The first-order chi connectivity index (χ1) is 15.6. The van der Waals surface area contributed by atoms with Crippen LogP contribution in [0, 0.1) is 0 Å². The Labute approximate surface area is 194 Å². The number of halogens is 3. The second kappa shape index (κ2) is 13.0. The lowest BCUT2D eigenvalue weighted by Crippen LogP contribution is -2.47. The van der Waals surface area contributed by atoms with Crippen LogP contribution in [-0.4, -0.2) is 67.1 Å². The standard InChI is InChI=1S/C23H32F3N3O3S/c1-2-29(33(31,32)23(24,25)26)19-22(30)18-28(17-21-12-7-4-8-13-21)15-9-14-27-16-20-10-5-3-6-11-20/h3-8,10-13,22,27,30H,2,9,14-19H2,1H3/t22-/m1/s1. The highest BCUT2D eigenvalue weighted by atomic mass is 32.2. The van der Waals surface area contributed by atoms with Gasteiger partial charge in [0.25, 0.3) is 0 Å². The van der Waals surface area contributed by atoms with E-state index in [-0.39, 0.29) is 17.4 Å². The summed E-state index contributed by atoms with van der Waals surface area (Å²) in [5, 5.41) is 13.8. The zero-order valence-electron chi connectivity index (χ0n) is 18.7. The Balaban J connectivity index is 1.93. The van der Waals surface area contributed by atoms with Crippen LogP contribution in [-0.2, 0) is 23.1 Å². The predicted octanol–water partition coefficient (Wildman–Crippen LogP) is 3.20. The molecule has 0 heterocycles. The molecule has 0 aliphatic rings. The van der Waals surface area contributed by atoms with Crippen LogP contribution in [0.3, 0.4) is 0 Å². The van der Waals surface area contributed by atoms with Crippen molar-refractivity contribution in [2.75, 3.05) is 32.7 Å². The van der Waals surface area contributed by atoms with Crippen molar-refractivity contribution in [1.29, 1.82) is 0 Å². The first-order valence-electron chi connectivity index (χ1n) is 10.9. The minimum absolute atomic E-state index is 0.0530. The van der Waals surface area contributed by atoms with Gasteiger partial charge >= 0.3 is 15.5 Å². The molecule has 2 rings (SSSR count). The molecular formula is C23H32F3N3O3S. The monoisotopic (exact) mass is 487 g/mol. The third-order valence-corrected chi connectivity index (χ3v) is 6.79. The maximum Gasteiger partial charge on any atom is 0.511 e. The van der Waals surface area contributed by atoms with Crippen molar-refractivity contribution < 1.29 is 26.7 Å². The van der Waals surface area contributed by atoms with Gasteiger partial charge in [0.15, 0.2) is 0 Å². The Morgan fingerprint density at radius 1 is 0.970 bits per heavy atom. The van der Waals surface area contributed by atoms with E-state index in [9.17, 15) is 26.7 Å². The van der Waals surface area contributed by atoms with Gasteiger partial charge in [-0.05, 0) is 30.6 Å². The number of aliphatic hydroxyl groups is 1. The fourth-order valence-corrected chi connectivity index (χ4v) is 4.47. The van der Waals surface area contributed by atoms with Crippen LogP contribution in [0.15, 0.2) is 60.7 Å². The van der Waals surface area contributed by atoms with Crippen molar-refractivity contribution >= 4 is 10.0 Å². The van der Waals surface area contributed by atoms with Gasteiger partial charge < -0.3 is 10.4 Å². The molecule has 0 amide bonds. The van der Waals surface area contributed by atoms with E-state index < -0.39 is 28.2 Å². The van der Waals surface area contributed by atoms with E-state index in [4.69, 9.17) is 0 Å². The molecule has 1 atom stereocenters. The first kappa shape index (κ1) is 27.3. The van der Waals surface area contributed by atoms with Crippen LogP contribution in [0.4, 0.5) is 13.2 Å². The van der Waals surface area contributed by atoms with Gasteiger partial charge in [-0.3, -0.25) is 4.90 Å². The molecule has 0 aromatic heterocycles. The SMILES string of the molecule is CCN(C[C@H](O)CN(CCCNCc1ccccc1)Cc1ccccc1)S(=O)(=O)C(F)(F)F. The number of hydrogen-bond donors (Lipinski definition) is 2. The summed E-state index contributed by atoms with van der Waals surface area (Å²) in [5.74, 6) is 0. The number of hydrogen-bond acceptors (Lipinski definition) is 5. The summed E-state index contributed by atoms with van der Waals surface area (Å²) in [4.78, 5) is 1.93. The molecule has 0 bridgehead atoms. The molecule has 2 N–H and O–H groups in total. The average Bonchev–Trinajstić information content (AvgIpc) is 2.77. The van der Waals surface area contributed by atoms with Crippen LogP contribution >= 0.6 is 0 Å². The maximum atomic E-state index is 12.9. The molecule has 0 aliphatic carbocycles. The average molecular weight is 488 g/mol. The number of benzene rings is 2. The molecule has 0 radical (unpaired) electrons. The minimum atomic E-state index is -5.48. The van der Waals surface area contributed by atoms with Gasteiger partial charge in [0, 0.05) is 32.7 Å². The molecular weight excluding hydrogens is 455 g/mol. The van der Waals surface area contributed by atoms with E-state index in [0.717, 1.165) is 25.1 Å². The summed E-state index contributed by atoms with van der Waals surface area (Å²) in [6, 6.07) is 19.5. The van der Waals surface area contributed by atoms with Gasteiger partial charge in [0.05, 0.1) is 6.10 Å². The predicted molar refractivity (Wildman–Crippen MR) is 123 cm³/mol. The van der Waals surface area contributed by atoms with Crippen molar-refractivity contribution in [2.45, 2.75) is 38.0 Å². The van der Waals surface area contributed by atoms with Crippen molar-refractivity contribution in [3.8, 4) is 0 Å². The number of likely N-dealkylation sites (N-methyl/N-ethyl adjacent to an activating group) is 1. The third-order valence-electron chi connectivity index (χ3n) is 5.12. The van der Waals surface area contributed by atoms with E-state index in [1.165, 1.54) is 12.5 Å². The normalized spacial score (nSPS) is 13.5. The molecule has 0 aliphatic heterocycles. The van der Waals surface area contributed by atoms with Crippen LogP contribution < -0.4 is 5.32 Å². The van der Waals surface area contributed by atoms with E-state index in [0.29, 0.717) is 13.1 Å². The van der Waals surface area contributed by atoms with Crippen molar-refractivity contribution in [3.05, 3.63) is 71.8 Å². The van der Waals surface area contributed by atoms with Crippen molar-refractivity contribution in [1.82, 2.24) is 14.5 Å². The van der Waals surface area contributed by atoms with Gasteiger partial charge in [-0.2, -0.15) is 17.5 Å². The zero-order chi connectivity index (χ0) is 24.3. The summed E-state index contributed by atoms with van der Waals surface area (Å²) in [6.45, 7) is 2.91. The van der Waals surface area contributed by atoms with Gasteiger partial charge in [-0.15, -0.1) is 0 Å². The highest BCUT2D eigenvalue weighted by molar-refractivity contribution is 7.90. The lowest BCUT2D eigenvalue weighted by molar-refractivity contribution is -0.0498. The number of alkyl halides is 3. The number of nitrogens with zero attached hydrogens (tertiary/aromatic N) is 2. The topological polar surface area (TPSA) is 72.9 Å². The molecule has 0 saturated carbocycles. The summed E-state index contributed by atoms with van der Waals surface area (Å²) in [6.07, 6.45) is -0.506. The van der Waals surface area contributed by atoms with Gasteiger partial charge in [-0.1, -0.05) is 67.6 Å². The summed E-state index contributed by atoms with van der Waals surface area (Å²) >= 11 is 0. The Morgan fingerprint density at radius 3 is 2.09 bits per heavy atom. The fraction of sp³-hybridized carbons (Fsp3) is 0.478. The number of aliphatic hydroxyl groups excluding tert-OH is 1. The maximum absolute atomic E-state index is 12.9. The third kappa shape index (κ3) is 9.05. The van der Waals surface area contributed by atoms with E-state index >= 15 is 0 Å². The molecule has 184 valence electrons. The molecule has 6 nitrogen and oxygen atoms in total.